The Bertz CT molecular complexity index is 454. The summed E-state index contributed by atoms with van der Waals surface area (Å²) in [6.45, 7) is 6.73. The summed E-state index contributed by atoms with van der Waals surface area (Å²) in [5.74, 6) is -0.00584. The third-order valence-corrected chi connectivity index (χ3v) is 3.34. The van der Waals surface area contributed by atoms with Crippen LogP contribution in [0.25, 0.3) is 0 Å². The molecule has 4 nitrogen and oxygen atoms in total. The van der Waals surface area contributed by atoms with Gasteiger partial charge in [-0.2, -0.15) is 0 Å². The van der Waals surface area contributed by atoms with Gasteiger partial charge >= 0.3 is 0 Å². The van der Waals surface area contributed by atoms with Crippen molar-refractivity contribution < 1.29 is 9.59 Å². The van der Waals surface area contributed by atoms with E-state index in [0.29, 0.717) is 12.1 Å². The van der Waals surface area contributed by atoms with Crippen LogP contribution in [0.3, 0.4) is 0 Å². The SMILES string of the molecule is CCCNC(=O)CN(C)C(C)C(=O)c1ccc(C)cc1. The van der Waals surface area contributed by atoms with Crippen LogP contribution in [-0.2, 0) is 4.79 Å². The molecule has 0 aliphatic rings. The van der Waals surface area contributed by atoms with Gasteiger partial charge in [0.15, 0.2) is 5.78 Å². The Morgan fingerprint density at radius 3 is 2.40 bits per heavy atom. The molecule has 0 radical (unpaired) electrons. The second-order valence-electron chi connectivity index (χ2n) is 5.17. The van der Waals surface area contributed by atoms with Crippen molar-refractivity contribution in [2.24, 2.45) is 0 Å². The van der Waals surface area contributed by atoms with Gasteiger partial charge in [-0.15, -0.1) is 0 Å². The molecule has 1 amide bonds. The van der Waals surface area contributed by atoms with Crippen molar-refractivity contribution in [3.8, 4) is 0 Å². The lowest BCUT2D eigenvalue weighted by Gasteiger charge is -2.23. The molecule has 0 bridgehead atoms. The number of amides is 1. The molecule has 4 heteroatoms. The van der Waals surface area contributed by atoms with Crippen LogP contribution in [0.2, 0.25) is 0 Å². The number of hydrogen-bond acceptors (Lipinski definition) is 3. The quantitative estimate of drug-likeness (QED) is 0.775. The fraction of sp³-hybridized carbons (Fsp3) is 0.500. The van der Waals surface area contributed by atoms with Gasteiger partial charge < -0.3 is 5.32 Å². The number of nitrogens with one attached hydrogen (secondary N) is 1. The van der Waals surface area contributed by atoms with E-state index in [0.717, 1.165) is 12.0 Å². The standard InChI is InChI=1S/C16H24N2O2/c1-5-10-17-15(19)11-18(4)13(3)16(20)14-8-6-12(2)7-9-14/h6-9,13H,5,10-11H2,1-4H3,(H,17,19). The summed E-state index contributed by atoms with van der Waals surface area (Å²) in [7, 11) is 1.79. The number of rotatable bonds is 7. The number of aryl methyl sites for hydroxylation is 1. The summed E-state index contributed by atoms with van der Waals surface area (Å²) in [6, 6.07) is 7.20. The number of ketones is 1. The first-order chi connectivity index (χ1) is 9.45. The number of likely N-dealkylation sites (N-methyl/N-ethyl adjacent to an activating group) is 1. The highest BCUT2D eigenvalue weighted by atomic mass is 16.2. The molecule has 1 rings (SSSR count). The highest BCUT2D eigenvalue weighted by Crippen LogP contribution is 2.09. The fourth-order valence-corrected chi connectivity index (χ4v) is 1.84. The Labute approximate surface area is 121 Å². The molecule has 0 heterocycles. The maximum Gasteiger partial charge on any atom is 0.234 e. The molecule has 1 atom stereocenters. The largest absolute Gasteiger partial charge is 0.355 e. The highest BCUT2D eigenvalue weighted by molar-refractivity contribution is 6.00. The zero-order chi connectivity index (χ0) is 15.1. The molecular formula is C16H24N2O2. The Morgan fingerprint density at radius 2 is 1.85 bits per heavy atom. The number of carbonyl (C=O) groups is 2. The van der Waals surface area contributed by atoms with Crippen LogP contribution in [0.1, 0.15) is 36.2 Å². The first-order valence-electron chi connectivity index (χ1n) is 7.03. The van der Waals surface area contributed by atoms with Gasteiger partial charge in [-0.1, -0.05) is 36.8 Å². The second-order valence-corrected chi connectivity index (χ2v) is 5.17. The molecule has 0 spiro atoms. The molecule has 1 aromatic rings. The average molecular weight is 276 g/mol. The van der Waals surface area contributed by atoms with Crippen molar-refractivity contribution in [3.63, 3.8) is 0 Å². The molecule has 0 saturated carbocycles. The van der Waals surface area contributed by atoms with Gasteiger partial charge in [-0.3, -0.25) is 14.5 Å². The molecule has 1 N–H and O–H groups in total. The molecule has 0 fully saturated rings. The lowest BCUT2D eigenvalue weighted by atomic mass is 10.0. The van der Waals surface area contributed by atoms with Crippen LogP contribution in [0, 0.1) is 6.92 Å². The molecule has 0 aliphatic heterocycles. The predicted octanol–water partition coefficient (Wildman–Crippen LogP) is 2.02. The predicted molar refractivity (Wildman–Crippen MR) is 80.9 cm³/mol. The zero-order valence-electron chi connectivity index (χ0n) is 12.8. The Balaban J connectivity index is 2.59. The summed E-state index contributed by atoms with van der Waals surface area (Å²) in [6.07, 6.45) is 0.910. The number of nitrogens with zero attached hydrogens (tertiary/aromatic N) is 1. The van der Waals surface area contributed by atoms with Crippen molar-refractivity contribution >= 4 is 11.7 Å². The fourth-order valence-electron chi connectivity index (χ4n) is 1.84. The van der Waals surface area contributed by atoms with Crippen LogP contribution in [-0.4, -0.2) is 42.8 Å². The topological polar surface area (TPSA) is 49.4 Å². The van der Waals surface area contributed by atoms with E-state index in [1.54, 1.807) is 11.9 Å². The van der Waals surface area contributed by atoms with Crippen LogP contribution in [0.15, 0.2) is 24.3 Å². The van der Waals surface area contributed by atoms with Crippen molar-refractivity contribution in [2.75, 3.05) is 20.1 Å². The summed E-state index contributed by atoms with van der Waals surface area (Å²) >= 11 is 0. The summed E-state index contributed by atoms with van der Waals surface area (Å²) in [5, 5.41) is 2.81. The van der Waals surface area contributed by atoms with E-state index in [1.807, 2.05) is 45.0 Å². The normalized spacial score (nSPS) is 12.2. The van der Waals surface area contributed by atoms with Gasteiger partial charge in [0.2, 0.25) is 5.91 Å². The maximum atomic E-state index is 12.3. The third-order valence-electron chi connectivity index (χ3n) is 3.34. The first kappa shape index (κ1) is 16.4. The summed E-state index contributed by atoms with van der Waals surface area (Å²) in [5.41, 5.74) is 1.81. The van der Waals surface area contributed by atoms with E-state index < -0.39 is 0 Å². The Hall–Kier alpha value is -1.68. The number of hydrogen-bond donors (Lipinski definition) is 1. The number of carbonyl (C=O) groups excluding carboxylic acids is 2. The number of Topliss-reactive ketones (excluding diaryl/α,β-unsaturated/α-hetero) is 1. The average Bonchev–Trinajstić information content (AvgIpc) is 2.44. The van der Waals surface area contributed by atoms with Crippen LogP contribution >= 0.6 is 0 Å². The van der Waals surface area contributed by atoms with Gasteiger partial charge in [0.25, 0.3) is 0 Å². The van der Waals surface area contributed by atoms with Gasteiger partial charge in [0, 0.05) is 12.1 Å². The molecule has 0 saturated heterocycles. The van der Waals surface area contributed by atoms with E-state index in [4.69, 9.17) is 0 Å². The molecule has 0 aromatic heterocycles. The van der Waals surface area contributed by atoms with Crippen molar-refractivity contribution in [1.29, 1.82) is 0 Å². The first-order valence-corrected chi connectivity index (χ1v) is 7.03. The summed E-state index contributed by atoms with van der Waals surface area (Å²) in [4.78, 5) is 25.7. The van der Waals surface area contributed by atoms with Gasteiger partial charge in [0.1, 0.15) is 0 Å². The van der Waals surface area contributed by atoms with Gasteiger partial charge in [-0.25, -0.2) is 0 Å². The molecule has 20 heavy (non-hydrogen) atoms. The zero-order valence-corrected chi connectivity index (χ0v) is 12.8. The maximum absolute atomic E-state index is 12.3. The summed E-state index contributed by atoms with van der Waals surface area (Å²) < 4.78 is 0. The third kappa shape index (κ3) is 4.78. The molecular weight excluding hydrogens is 252 g/mol. The van der Waals surface area contributed by atoms with Gasteiger partial charge in [-0.05, 0) is 27.3 Å². The van der Waals surface area contributed by atoms with E-state index >= 15 is 0 Å². The van der Waals surface area contributed by atoms with E-state index in [9.17, 15) is 9.59 Å². The molecule has 1 unspecified atom stereocenters. The van der Waals surface area contributed by atoms with Gasteiger partial charge in [0.05, 0.1) is 12.6 Å². The highest BCUT2D eigenvalue weighted by Gasteiger charge is 2.21. The molecule has 110 valence electrons. The van der Waals surface area contributed by atoms with Crippen LogP contribution < -0.4 is 5.32 Å². The molecule has 1 aromatic carbocycles. The lowest BCUT2D eigenvalue weighted by Crippen LogP contribution is -2.43. The van der Waals surface area contributed by atoms with E-state index in [2.05, 4.69) is 5.32 Å². The van der Waals surface area contributed by atoms with Crippen LogP contribution in [0.4, 0.5) is 0 Å². The monoisotopic (exact) mass is 276 g/mol. The molecule has 0 aliphatic carbocycles. The van der Waals surface area contributed by atoms with Crippen LogP contribution in [0.5, 0.6) is 0 Å². The Kier molecular flexibility index (Phi) is 6.39. The minimum Gasteiger partial charge on any atom is -0.355 e. The number of benzene rings is 1. The van der Waals surface area contributed by atoms with Crippen molar-refractivity contribution in [1.82, 2.24) is 10.2 Å². The minimum atomic E-state index is -0.315. The van der Waals surface area contributed by atoms with Crippen molar-refractivity contribution in [3.05, 3.63) is 35.4 Å². The lowest BCUT2D eigenvalue weighted by molar-refractivity contribution is -0.122. The minimum absolute atomic E-state index is 0.0378. The van der Waals surface area contributed by atoms with Crippen molar-refractivity contribution in [2.45, 2.75) is 33.2 Å². The smallest absolute Gasteiger partial charge is 0.234 e. The van der Waals surface area contributed by atoms with E-state index in [-0.39, 0.29) is 24.3 Å². The second kappa shape index (κ2) is 7.80. The van der Waals surface area contributed by atoms with E-state index in [1.165, 1.54) is 0 Å². The Morgan fingerprint density at radius 1 is 1.25 bits per heavy atom.